The number of amides is 1. The van der Waals surface area contributed by atoms with E-state index in [4.69, 9.17) is 5.73 Å². The maximum absolute atomic E-state index is 12.3. The van der Waals surface area contributed by atoms with Crippen molar-refractivity contribution in [2.45, 2.75) is 6.92 Å². The number of allylic oxidation sites excluding steroid dienone is 1. The lowest BCUT2D eigenvalue weighted by Gasteiger charge is -2.17. The largest absolute Gasteiger partial charge is 0.368 e. The molecule has 0 saturated carbocycles. The number of hydrogen-bond donors (Lipinski definition) is 2. The van der Waals surface area contributed by atoms with Crippen LogP contribution in [0.3, 0.4) is 0 Å². The Balaban J connectivity index is 1.64. The third-order valence-corrected chi connectivity index (χ3v) is 5.21. The van der Waals surface area contributed by atoms with E-state index in [1.165, 1.54) is 23.2 Å². The van der Waals surface area contributed by atoms with Crippen LogP contribution in [0.2, 0.25) is 0 Å². The van der Waals surface area contributed by atoms with Crippen molar-refractivity contribution in [3.63, 3.8) is 0 Å². The highest BCUT2D eigenvalue weighted by molar-refractivity contribution is 7.14. The van der Waals surface area contributed by atoms with Gasteiger partial charge < -0.3 is 11.1 Å². The highest BCUT2D eigenvalue weighted by Gasteiger charge is 2.18. The second-order valence-corrected chi connectivity index (χ2v) is 7.58. The van der Waals surface area contributed by atoms with Gasteiger partial charge in [0.1, 0.15) is 6.07 Å². The number of nitrogens with zero attached hydrogens (tertiary/aromatic N) is 6. The van der Waals surface area contributed by atoms with E-state index in [1.807, 2.05) is 60.7 Å². The minimum atomic E-state index is -0.173. The van der Waals surface area contributed by atoms with Gasteiger partial charge in [0.05, 0.1) is 17.0 Å². The number of nitrogens with one attached hydrogen (secondary N) is 1. The molecular formula is C23H18N8OS. The van der Waals surface area contributed by atoms with E-state index in [2.05, 4.69) is 31.3 Å². The second kappa shape index (κ2) is 9.67. The summed E-state index contributed by atoms with van der Waals surface area (Å²) in [5.74, 6) is 0.138. The molecule has 1 amide bonds. The van der Waals surface area contributed by atoms with E-state index >= 15 is 0 Å². The highest BCUT2D eigenvalue weighted by atomic mass is 32.1. The van der Waals surface area contributed by atoms with Gasteiger partial charge in [0, 0.05) is 18.0 Å². The lowest BCUT2D eigenvalue weighted by atomic mass is 10.2. The molecule has 0 aliphatic rings. The first-order chi connectivity index (χ1) is 16.0. The van der Waals surface area contributed by atoms with Crippen molar-refractivity contribution in [3.05, 3.63) is 77.6 Å². The van der Waals surface area contributed by atoms with Crippen LogP contribution in [0.5, 0.6) is 0 Å². The summed E-state index contributed by atoms with van der Waals surface area (Å²) in [6.07, 6.45) is 1.55. The third kappa shape index (κ3) is 5.17. The maximum atomic E-state index is 12.3. The molecule has 0 atom stereocenters. The standard InChI is InChI=1S/C23H18N8OS/c1-15(32)31(19-10-6-3-7-11-19)23-27-18(14-33-23)12-16(13-24)20-28-21(25)30-22(29-20)26-17-8-4-2-5-9-17/h2-12,14H,1H3,(H3,25,26,28,29,30)/b16-12-. The number of para-hydroxylation sites is 2. The normalized spacial score (nSPS) is 11.0. The molecule has 0 saturated heterocycles. The number of nitrogen functional groups attached to an aromatic ring is 1. The van der Waals surface area contributed by atoms with Crippen LogP contribution in [0.25, 0.3) is 11.6 Å². The number of rotatable bonds is 6. The number of aromatic nitrogens is 4. The van der Waals surface area contributed by atoms with Gasteiger partial charge in [-0.05, 0) is 30.3 Å². The maximum Gasteiger partial charge on any atom is 0.232 e. The second-order valence-electron chi connectivity index (χ2n) is 6.75. The predicted octanol–water partition coefficient (Wildman–Crippen LogP) is 4.40. The Kier molecular flexibility index (Phi) is 6.33. The molecule has 162 valence electrons. The molecule has 2 aromatic carbocycles. The van der Waals surface area contributed by atoms with E-state index in [-0.39, 0.29) is 29.2 Å². The number of anilines is 5. The fourth-order valence-corrected chi connectivity index (χ4v) is 3.81. The van der Waals surface area contributed by atoms with Crippen LogP contribution in [-0.4, -0.2) is 25.8 Å². The number of carbonyl (C=O) groups excluding carboxylic acids is 1. The summed E-state index contributed by atoms with van der Waals surface area (Å²) >= 11 is 1.29. The fraction of sp³-hybridized carbons (Fsp3) is 0.0435. The summed E-state index contributed by atoms with van der Waals surface area (Å²) < 4.78 is 0. The van der Waals surface area contributed by atoms with Gasteiger partial charge in [0.15, 0.2) is 11.0 Å². The molecule has 0 spiro atoms. The number of hydrogen-bond acceptors (Lipinski definition) is 9. The van der Waals surface area contributed by atoms with Crippen LogP contribution < -0.4 is 16.0 Å². The lowest BCUT2D eigenvalue weighted by Crippen LogP contribution is -2.22. The molecule has 3 N–H and O–H groups in total. The summed E-state index contributed by atoms with van der Waals surface area (Å²) in [4.78, 5) is 30.8. The van der Waals surface area contributed by atoms with E-state index in [0.29, 0.717) is 16.5 Å². The van der Waals surface area contributed by atoms with Crippen LogP contribution in [0.15, 0.2) is 66.0 Å². The molecule has 0 fully saturated rings. The zero-order chi connectivity index (χ0) is 23.2. The summed E-state index contributed by atoms with van der Waals surface area (Å²) in [7, 11) is 0. The summed E-state index contributed by atoms with van der Waals surface area (Å²) in [5.41, 5.74) is 7.97. The van der Waals surface area contributed by atoms with Crippen molar-refractivity contribution in [3.8, 4) is 6.07 Å². The Hall–Kier alpha value is -4.62. The van der Waals surface area contributed by atoms with Gasteiger partial charge in [0.2, 0.25) is 17.8 Å². The number of benzene rings is 2. The lowest BCUT2D eigenvalue weighted by molar-refractivity contribution is -0.115. The van der Waals surface area contributed by atoms with Gasteiger partial charge in [-0.25, -0.2) is 4.98 Å². The quantitative estimate of drug-likeness (QED) is 0.409. The van der Waals surface area contributed by atoms with Crippen LogP contribution in [0, 0.1) is 11.3 Å². The van der Waals surface area contributed by atoms with Gasteiger partial charge >= 0.3 is 0 Å². The van der Waals surface area contributed by atoms with Crippen LogP contribution >= 0.6 is 11.3 Å². The Morgan fingerprint density at radius 3 is 2.42 bits per heavy atom. The van der Waals surface area contributed by atoms with Gasteiger partial charge in [-0.3, -0.25) is 9.69 Å². The van der Waals surface area contributed by atoms with E-state index in [0.717, 1.165) is 5.69 Å². The zero-order valence-electron chi connectivity index (χ0n) is 17.5. The molecule has 4 aromatic rings. The van der Waals surface area contributed by atoms with E-state index < -0.39 is 0 Å². The molecule has 0 radical (unpaired) electrons. The van der Waals surface area contributed by atoms with Crippen molar-refractivity contribution in [2.75, 3.05) is 16.0 Å². The van der Waals surface area contributed by atoms with Crippen LogP contribution in [-0.2, 0) is 4.79 Å². The molecule has 2 heterocycles. The van der Waals surface area contributed by atoms with Crippen molar-refractivity contribution in [1.82, 2.24) is 19.9 Å². The first kappa shape index (κ1) is 21.6. The van der Waals surface area contributed by atoms with Crippen molar-refractivity contribution in [2.24, 2.45) is 0 Å². The van der Waals surface area contributed by atoms with Gasteiger partial charge in [0.25, 0.3) is 0 Å². The van der Waals surface area contributed by atoms with Gasteiger partial charge in [-0.15, -0.1) is 11.3 Å². The highest BCUT2D eigenvalue weighted by Crippen LogP contribution is 2.30. The fourth-order valence-electron chi connectivity index (χ4n) is 2.96. The molecule has 0 aliphatic carbocycles. The summed E-state index contributed by atoms with van der Waals surface area (Å²) in [6, 6.07) is 20.6. The SMILES string of the molecule is CC(=O)N(c1ccccc1)c1nc(/C=C(/C#N)c2nc(N)nc(Nc3ccccc3)n2)cs1. The minimum absolute atomic E-state index is 0.0228. The molecule has 0 unspecified atom stereocenters. The van der Waals surface area contributed by atoms with Gasteiger partial charge in [-0.1, -0.05) is 36.4 Å². The van der Waals surface area contributed by atoms with Crippen molar-refractivity contribution in [1.29, 1.82) is 5.26 Å². The van der Waals surface area contributed by atoms with E-state index in [1.54, 1.807) is 11.5 Å². The van der Waals surface area contributed by atoms with E-state index in [9.17, 15) is 10.1 Å². The topological polar surface area (TPSA) is 134 Å². The molecule has 0 bridgehead atoms. The Bertz CT molecular complexity index is 1350. The van der Waals surface area contributed by atoms with Crippen LogP contribution in [0.1, 0.15) is 18.4 Å². The molecule has 10 heteroatoms. The number of thiazole rings is 1. The average Bonchev–Trinajstić information content (AvgIpc) is 3.26. The molecule has 4 rings (SSSR count). The van der Waals surface area contributed by atoms with Crippen molar-refractivity contribution < 1.29 is 4.79 Å². The summed E-state index contributed by atoms with van der Waals surface area (Å²) in [5, 5.41) is 15.0. The van der Waals surface area contributed by atoms with Crippen molar-refractivity contribution >= 4 is 57.3 Å². The molecule has 33 heavy (non-hydrogen) atoms. The molecule has 2 aromatic heterocycles. The number of carbonyl (C=O) groups is 1. The first-order valence-corrected chi connectivity index (χ1v) is 10.7. The predicted molar refractivity (Wildman–Crippen MR) is 129 cm³/mol. The Morgan fingerprint density at radius 1 is 1.06 bits per heavy atom. The number of nitriles is 1. The molecular weight excluding hydrogens is 436 g/mol. The minimum Gasteiger partial charge on any atom is -0.368 e. The number of nitrogens with two attached hydrogens (primary N) is 1. The Morgan fingerprint density at radius 2 is 1.76 bits per heavy atom. The first-order valence-electron chi connectivity index (χ1n) is 9.80. The third-order valence-electron chi connectivity index (χ3n) is 4.37. The average molecular weight is 455 g/mol. The molecule has 0 aliphatic heterocycles. The summed E-state index contributed by atoms with van der Waals surface area (Å²) in [6.45, 7) is 1.47. The smallest absolute Gasteiger partial charge is 0.232 e. The van der Waals surface area contributed by atoms with Gasteiger partial charge in [-0.2, -0.15) is 20.2 Å². The zero-order valence-corrected chi connectivity index (χ0v) is 18.3. The monoisotopic (exact) mass is 454 g/mol. The van der Waals surface area contributed by atoms with Crippen LogP contribution in [0.4, 0.5) is 28.4 Å². The molecule has 9 nitrogen and oxygen atoms in total. The Labute approximate surface area is 193 Å².